The molecule has 2 atom stereocenters. The number of benzene rings is 1. The zero-order valence-corrected chi connectivity index (χ0v) is 22.4. The largest absolute Gasteiger partial charge is 0.390 e. The lowest BCUT2D eigenvalue weighted by atomic mass is 9.88. The number of piperidine rings is 1. The maximum atomic E-state index is 14.1. The molecular weight excluding hydrogens is 504 g/mol. The van der Waals surface area contributed by atoms with Gasteiger partial charge in [0.2, 0.25) is 5.91 Å². The number of ether oxygens (including phenoxy) is 1. The van der Waals surface area contributed by atoms with E-state index in [1.54, 1.807) is 12.1 Å². The van der Waals surface area contributed by atoms with Crippen molar-refractivity contribution in [3.8, 4) is 0 Å². The van der Waals surface area contributed by atoms with Crippen molar-refractivity contribution >= 4 is 22.8 Å². The van der Waals surface area contributed by atoms with Crippen LogP contribution in [-0.2, 0) is 22.0 Å². The Bertz CT molecular complexity index is 1380. The number of alkyl halides is 2. The molecule has 1 saturated carbocycles. The van der Waals surface area contributed by atoms with Gasteiger partial charge in [0.1, 0.15) is 30.0 Å². The molecule has 3 aliphatic rings. The summed E-state index contributed by atoms with van der Waals surface area (Å²) in [7, 11) is 0. The Balaban J connectivity index is 1.26. The topological polar surface area (TPSA) is 92.5 Å². The number of hydrogen-bond donors (Lipinski definition) is 2. The second kappa shape index (κ2) is 10.1. The van der Waals surface area contributed by atoms with Gasteiger partial charge in [0.25, 0.3) is 5.92 Å². The Kier molecular flexibility index (Phi) is 6.79. The van der Waals surface area contributed by atoms with E-state index in [2.05, 4.69) is 20.9 Å². The van der Waals surface area contributed by atoms with Gasteiger partial charge in [-0.15, -0.1) is 0 Å². The standard InChI is InChI=1S/C29H35F2N5O3/c1-17(21-4-3-5-22(14-21)29(30,31)16-37)32-26-23-15-24-25(39-13-12-36(24)27(23)34-18(2)33-26)19-8-10-35(11-9-19)28(38)20-6-7-20/h3-5,14-15,17,19-20,25,37H,6-13,16H2,1-2H3,(H,32,33,34)/t17-,25?/m1/s1. The van der Waals surface area contributed by atoms with Crippen LogP contribution in [0.1, 0.15) is 67.4 Å². The van der Waals surface area contributed by atoms with Crippen molar-refractivity contribution in [3.63, 3.8) is 0 Å². The summed E-state index contributed by atoms with van der Waals surface area (Å²) in [5.41, 5.74) is 2.36. The fourth-order valence-corrected chi connectivity index (χ4v) is 5.99. The van der Waals surface area contributed by atoms with Gasteiger partial charge in [0, 0.05) is 42.9 Å². The van der Waals surface area contributed by atoms with Crippen LogP contribution in [0, 0.1) is 18.8 Å². The fraction of sp³-hybridized carbons (Fsp3) is 0.552. The van der Waals surface area contributed by atoms with Gasteiger partial charge < -0.3 is 24.6 Å². The van der Waals surface area contributed by atoms with E-state index in [1.165, 1.54) is 12.1 Å². The van der Waals surface area contributed by atoms with Crippen LogP contribution in [0.2, 0.25) is 0 Å². The summed E-state index contributed by atoms with van der Waals surface area (Å²) in [6.07, 6.45) is 3.80. The molecule has 10 heteroatoms. The van der Waals surface area contributed by atoms with Crippen LogP contribution in [0.15, 0.2) is 30.3 Å². The zero-order chi connectivity index (χ0) is 27.3. The van der Waals surface area contributed by atoms with Crippen molar-refractivity contribution in [3.05, 3.63) is 53.0 Å². The molecule has 0 radical (unpaired) electrons. The van der Waals surface area contributed by atoms with E-state index in [4.69, 9.17) is 14.8 Å². The molecule has 2 aliphatic heterocycles. The van der Waals surface area contributed by atoms with Crippen LogP contribution >= 0.6 is 0 Å². The van der Waals surface area contributed by atoms with E-state index in [-0.39, 0.29) is 23.6 Å². The number of likely N-dealkylation sites (tertiary alicyclic amines) is 1. The molecule has 1 aromatic carbocycles. The number of aromatic nitrogens is 3. The highest BCUT2D eigenvalue weighted by atomic mass is 19.3. The molecule has 208 valence electrons. The number of amides is 1. The van der Waals surface area contributed by atoms with Crippen LogP contribution in [0.25, 0.3) is 11.0 Å². The lowest BCUT2D eigenvalue weighted by Gasteiger charge is -2.38. The number of aliphatic hydroxyl groups excluding tert-OH is 1. The summed E-state index contributed by atoms with van der Waals surface area (Å²) in [6, 6.07) is 7.91. The number of carbonyl (C=O) groups is 1. The number of rotatable bonds is 7. The molecule has 2 N–H and O–H groups in total. The van der Waals surface area contributed by atoms with Gasteiger partial charge in [0.15, 0.2) is 0 Å². The normalized spacial score (nSPS) is 21.2. The molecule has 2 fully saturated rings. The summed E-state index contributed by atoms with van der Waals surface area (Å²) in [4.78, 5) is 24.0. The van der Waals surface area contributed by atoms with Gasteiger partial charge >= 0.3 is 0 Å². The average molecular weight is 540 g/mol. The van der Waals surface area contributed by atoms with Gasteiger partial charge in [-0.25, -0.2) is 9.97 Å². The number of aryl methyl sites for hydroxylation is 1. The molecule has 8 nitrogen and oxygen atoms in total. The summed E-state index contributed by atoms with van der Waals surface area (Å²) >= 11 is 0. The van der Waals surface area contributed by atoms with Crippen LogP contribution < -0.4 is 5.32 Å². The molecule has 1 saturated heterocycles. The number of nitrogens with one attached hydrogen (secondary N) is 1. The highest BCUT2D eigenvalue weighted by molar-refractivity contribution is 5.89. The Morgan fingerprint density at radius 1 is 1.18 bits per heavy atom. The lowest BCUT2D eigenvalue weighted by Crippen LogP contribution is -2.41. The second-order valence-electron chi connectivity index (χ2n) is 11.2. The van der Waals surface area contributed by atoms with Crippen molar-refractivity contribution < 1.29 is 23.4 Å². The molecule has 6 rings (SSSR count). The molecule has 1 amide bonds. The molecule has 0 bridgehead atoms. The molecule has 0 spiro atoms. The number of anilines is 1. The minimum absolute atomic E-state index is 0.0749. The first-order chi connectivity index (χ1) is 18.7. The number of halogens is 2. The van der Waals surface area contributed by atoms with Gasteiger partial charge in [-0.05, 0) is 63.1 Å². The van der Waals surface area contributed by atoms with E-state index in [9.17, 15) is 13.6 Å². The van der Waals surface area contributed by atoms with Gasteiger partial charge in [-0.1, -0.05) is 18.2 Å². The fourth-order valence-electron chi connectivity index (χ4n) is 5.99. The highest BCUT2D eigenvalue weighted by Gasteiger charge is 2.38. The quantitative estimate of drug-likeness (QED) is 0.452. The summed E-state index contributed by atoms with van der Waals surface area (Å²) < 4.78 is 36.8. The van der Waals surface area contributed by atoms with Crippen molar-refractivity contribution in [1.82, 2.24) is 19.4 Å². The molecule has 3 aromatic rings. The maximum absolute atomic E-state index is 14.1. The third-order valence-corrected chi connectivity index (χ3v) is 8.37. The van der Waals surface area contributed by atoms with Crippen LogP contribution in [0.3, 0.4) is 0 Å². The minimum atomic E-state index is -3.30. The highest BCUT2D eigenvalue weighted by Crippen LogP contribution is 2.41. The average Bonchev–Trinajstić information content (AvgIpc) is 3.73. The van der Waals surface area contributed by atoms with Gasteiger partial charge in [0.05, 0.1) is 12.0 Å². The van der Waals surface area contributed by atoms with Gasteiger partial charge in [-0.3, -0.25) is 4.79 Å². The SMILES string of the molecule is Cc1nc(N[C@H](C)c2cccc(C(F)(F)CO)c2)c2cc3n(c2n1)CCOC3C1CCN(C(=O)C2CC2)CC1. The molecule has 4 heterocycles. The first-order valence-electron chi connectivity index (χ1n) is 13.9. The number of aliphatic hydroxyl groups is 1. The Labute approximate surface area is 226 Å². The van der Waals surface area contributed by atoms with Crippen LogP contribution in [0.5, 0.6) is 0 Å². The maximum Gasteiger partial charge on any atom is 0.295 e. The summed E-state index contributed by atoms with van der Waals surface area (Å²) in [6.45, 7) is 5.35. The number of hydrogen-bond acceptors (Lipinski definition) is 6. The second-order valence-corrected chi connectivity index (χ2v) is 11.2. The molecule has 2 aromatic heterocycles. The van der Waals surface area contributed by atoms with Crippen molar-refractivity contribution in [2.24, 2.45) is 11.8 Å². The van der Waals surface area contributed by atoms with Crippen molar-refractivity contribution in [1.29, 1.82) is 0 Å². The summed E-state index contributed by atoms with van der Waals surface area (Å²) in [5.74, 6) is -1.15. The predicted octanol–water partition coefficient (Wildman–Crippen LogP) is 4.72. The van der Waals surface area contributed by atoms with E-state index >= 15 is 0 Å². The first-order valence-corrected chi connectivity index (χ1v) is 13.9. The van der Waals surface area contributed by atoms with E-state index in [0.29, 0.717) is 42.2 Å². The van der Waals surface area contributed by atoms with Gasteiger partial charge in [-0.2, -0.15) is 8.78 Å². The third-order valence-electron chi connectivity index (χ3n) is 8.37. The molecule has 1 unspecified atom stereocenters. The van der Waals surface area contributed by atoms with E-state index in [0.717, 1.165) is 55.5 Å². The van der Waals surface area contributed by atoms with Crippen molar-refractivity contribution in [2.45, 2.75) is 64.1 Å². The Morgan fingerprint density at radius 2 is 1.95 bits per heavy atom. The third kappa shape index (κ3) is 5.00. The molecular formula is C29H35F2N5O3. The number of nitrogens with zero attached hydrogens (tertiary/aromatic N) is 4. The van der Waals surface area contributed by atoms with Crippen LogP contribution in [0.4, 0.5) is 14.6 Å². The van der Waals surface area contributed by atoms with Crippen LogP contribution in [-0.4, -0.2) is 56.8 Å². The van der Waals surface area contributed by atoms with Crippen molar-refractivity contribution in [2.75, 3.05) is 31.6 Å². The van der Waals surface area contributed by atoms with E-state index < -0.39 is 12.5 Å². The molecule has 39 heavy (non-hydrogen) atoms. The smallest absolute Gasteiger partial charge is 0.295 e. The molecule has 1 aliphatic carbocycles. The monoisotopic (exact) mass is 539 g/mol. The van der Waals surface area contributed by atoms with E-state index in [1.807, 2.05) is 18.7 Å². The number of fused-ring (bicyclic) bond motifs is 3. The Morgan fingerprint density at radius 3 is 2.67 bits per heavy atom. The minimum Gasteiger partial charge on any atom is -0.390 e. The summed E-state index contributed by atoms with van der Waals surface area (Å²) in [5, 5.41) is 13.4. The number of carbonyl (C=O) groups excluding carboxylic acids is 1. The predicted molar refractivity (Wildman–Crippen MR) is 142 cm³/mol. The first kappa shape index (κ1) is 26.1. The zero-order valence-electron chi connectivity index (χ0n) is 22.4. The lowest BCUT2D eigenvalue weighted by molar-refractivity contribution is -0.135. The Hall–Kier alpha value is -3.11.